The van der Waals surface area contributed by atoms with Gasteiger partial charge in [0.1, 0.15) is 5.75 Å². The first-order valence-electron chi connectivity index (χ1n) is 3.08. The van der Waals surface area contributed by atoms with Crippen LogP contribution < -0.4 is 0 Å². The highest BCUT2D eigenvalue weighted by molar-refractivity contribution is 5.34. The van der Waals surface area contributed by atoms with Crippen LogP contribution in [0.2, 0.25) is 0 Å². The molecule has 0 aliphatic carbocycles. The number of non-ortho nitro benzene ring substituents is 1. The first kappa shape index (κ1) is 10.4. The molecular weight excluding hydrogens is 162 g/mol. The van der Waals surface area contributed by atoms with Gasteiger partial charge in [0.05, 0.1) is 4.92 Å². The van der Waals surface area contributed by atoms with Crippen LogP contribution in [0.4, 0.5) is 5.69 Å². The third-order valence-corrected chi connectivity index (χ3v) is 1.06. The Bertz CT molecular complexity index is 244. The normalized spacial score (nSPS) is 8.17. The summed E-state index contributed by atoms with van der Waals surface area (Å²) < 4.78 is 0. The van der Waals surface area contributed by atoms with Crippen LogP contribution in [-0.2, 0) is 0 Å². The van der Waals surface area contributed by atoms with Crippen molar-refractivity contribution in [3.8, 4) is 5.75 Å². The molecule has 1 rings (SSSR count). The summed E-state index contributed by atoms with van der Waals surface area (Å²) >= 11 is 0. The molecule has 5 nitrogen and oxygen atoms in total. The molecule has 0 heterocycles. The van der Waals surface area contributed by atoms with Crippen molar-refractivity contribution in [2.24, 2.45) is 0 Å². The molecule has 1 aromatic rings. The smallest absolute Gasteiger partial charge is 0.269 e. The highest BCUT2D eigenvalue weighted by Gasteiger charge is 2.01. The van der Waals surface area contributed by atoms with Gasteiger partial charge in [-0.25, -0.2) is 0 Å². The number of hydrogen-bond acceptors (Lipinski definition) is 4. The molecule has 0 aliphatic rings. The number of nitrogens with zero attached hydrogens (tertiary/aromatic N) is 1. The van der Waals surface area contributed by atoms with E-state index in [-0.39, 0.29) is 11.4 Å². The Kier molecular flexibility index (Phi) is 4.40. The van der Waals surface area contributed by atoms with Crippen LogP contribution in [0.15, 0.2) is 24.3 Å². The maximum Gasteiger partial charge on any atom is 0.269 e. The van der Waals surface area contributed by atoms with Crippen molar-refractivity contribution in [3.63, 3.8) is 0 Å². The average Bonchev–Trinajstić information content (AvgIpc) is 2.09. The monoisotopic (exact) mass is 171 g/mol. The van der Waals surface area contributed by atoms with Gasteiger partial charge in [-0.15, -0.1) is 0 Å². The molecule has 0 aliphatic heterocycles. The van der Waals surface area contributed by atoms with E-state index in [0.29, 0.717) is 0 Å². The van der Waals surface area contributed by atoms with Gasteiger partial charge in [0.2, 0.25) is 0 Å². The number of rotatable bonds is 1. The fraction of sp³-hybridized carbons (Fsp3) is 0.143. The Labute approximate surface area is 69.0 Å². The first-order chi connectivity index (χ1) is 5.70. The molecule has 5 heteroatoms. The molecule has 66 valence electrons. The molecule has 0 fully saturated rings. The van der Waals surface area contributed by atoms with Crippen LogP contribution in [0.5, 0.6) is 5.75 Å². The van der Waals surface area contributed by atoms with Gasteiger partial charge in [-0.1, -0.05) is 0 Å². The zero-order chi connectivity index (χ0) is 9.56. The van der Waals surface area contributed by atoms with E-state index in [1.54, 1.807) is 0 Å². The molecule has 0 radical (unpaired) electrons. The fourth-order valence-corrected chi connectivity index (χ4v) is 0.574. The van der Waals surface area contributed by atoms with Crippen LogP contribution >= 0.6 is 0 Å². The summed E-state index contributed by atoms with van der Waals surface area (Å²) in [7, 11) is 1.00. The zero-order valence-corrected chi connectivity index (χ0v) is 6.47. The molecule has 0 spiro atoms. The summed E-state index contributed by atoms with van der Waals surface area (Å²) in [4.78, 5) is 9.52. The number of aliphatic hydroxyl groups is 1. The van der Waals surface area contributed by atoms with Gasteiger partial charge in [0, 0.05) is 19.2 Å². The van der Waals surface area contributed by atoms with E-state index in [4.69, 9.17) is 10.2 Å². The lowest BCUT2D eigenvalue weighted by atomic mass is 10.3. The molecule has 0 unspecified atom stereocenters. The third kappa shape index (κ3) is 2.98. The van der Waals surface area contributed by atoms with E-state index in [1.165, 1.54) is 24.3 Å². The zero-order valence-electron chi connectivity index (χ0n) is 6.47. The van der Waals surface area contributed by atoms with E-state index in [1.807, 2.05) is 0 Å². The topological polar surface area (TPSA) is 83.6 Å². The van der Waals surface area contributed by atoms with Crippen LogP contribution in [0.1, 0.15) is 0 Å². The van der Waals surface area contributed by atoms with Crippen molar-refractivity contribution in [2.45, 2.75) is 0 Å². The van der Waals surface area contributed by atoms with Crippen molar-refractivity contribution < 1.29 is 15.1 Å². The lowest BCUT2D eigenvalue weighted by Gasteiger charge is -1.89. The quantitative estimate of drug-likeness (QED) is 0.485. The van der Waals surface area contributed by atoms with Crippen LogP contribution in [0.25, 0.3) is 0 Å². The third-order valence-electron chi connectivity index (χ3n) is 1.06. The molecule has 1 aromatic carbocycles. The Balaban J connectivity index is 0.000000561. The maximum absolute atomic E-state index is 10.0. The van der Waals surface area contributed by atoms with Crippen molar-refractivity contribution in [3.05, 3.63) is 34.4 Å². The minimum absolute atomic E-state index is 0.0159. The molecular formula is C7H9NO4. The van der Waals surface area contributed by atoms with Crippen LogP contribution in [0.3, 0.4) is 0 Å². The molecule has 0 bridgehead atoms. The van der Waals surface area contributed by atoms with Gasteiger partial charge in [-0.05, 0) is 12.1 Å². The standard InChI is InChI=1S/C6H5NO3.CH4O/c8-6-3-1-5(2-4-6)7(9)10;1-2/h1-4,8H;2H,1H3. The van der Waals surface area contributed by atoms with Gasteiger partial charge in [-0.2, -0.15) is 0 Å². The number of aliphatic hydroxyl groups excluding tert-OH is 1. The van der Waals surface area contributed by atoms with Gasteiger partial charge in [0.15, 0.2) is 0 Å². The molecule has 2 N–H and O–H groups in total. The summed E-state index contributed by atoms with van der Waals surface area (Å²) in [5.74, 6) is 0.0330. The Morgan fingerprint density at radius 1 is 1.25 bits per heavy atom. The van der Waals surface area contributed by atoms with E-state index in [2.05, 4.69) is 0 Å². The Morgan fingerprint density at radius 3 is 2.00 bits per heavy atom. The van der Waals surface area contributed by atoms with Crippen molar-refractivity contribution >= 4 is 5.69 Å². The second-order valence-corrected chi connectivity index (χ2v) is 1.77. The largest absolute Gasteiger partial charge is 0.508 e. The van der Waals surface area contributed by atoms with Crippen LogP contribution in [-0.4, -0.2) is 22.2 Å². The summed E-state index contributed by atoms with van der Waals surface area (Å²) in [6.07, 6.45) is 0. The van der Waals surface area contributed by atoms with Crippen LogP contribution in [0, 0.1) is 10.1 Å². The SMILES string of the molecule is CO.O=[N+]([O-])c1ccc(O)cc1. The molecule has 0 amide bonds. The lowest BCUT2D eigenvalue weighted by molar-refractivity contribution is -0.384. The molecule has 0 saturated heterocycles. The number of aromatic hydroxyl groups is 1. The van der Waals surface area contributed by atoms with E-state index >= 15 is 0 Å². The predicted octanol–water partition coefficient (Wildman–Crippen LogP) is 0.909. The second kappa shape index (κ2) is 5.09. The number of phenols is 1. The first-order valence-corrected chi connectivity index (χ1v) is 3.08. The number of nitro groups is 1. The molecule has 0 saturated carbocycles. The Hall–Kier alpha value is -1.62. The average molecular weight is 171 g/mol. The molecule has 0 aromatic heterocycles. The van der Waals surface area contributed by atoms with Gasteiger partial charge >= 0.3 is 0 Å². The highest BCUT2D eigenvalue weighted by Crippen LogP contribution is 2.14. The number of hydrogen-bond donors (Lipinski definition) is 2. The van der Waals surface area contributed by atoms with E-state index in [9.17, 15) is 10.1 Å². The van der Waals surface area contributed by atoms with Crippen molar-refractivity contribution in [1.29, 1.82) is 0 Å². The number of benzene rings is 1. The lowest BCUT2D eigenvalue weighted by Crippen LogP contribution is -1.85. The summed E-state index contributed by atoms with van der Waals surface area (Å²) in [5, 5.41) is 25.8. The molecule has 12 heavy (non-hydrogen) atoms. The Morgan fingerprint density at radius 2 is 1.67 bits per heavy atom. The van der Waals surface area contributed by atoms with E-state index < -0.39 is 4.92 Å². The minimum atomic E-state index is -0.514. The van der Waals surface area contributed by atoms with Gasteiger partial charge in [-0.3, -0.25) is 10.1 Å². The van der Waals surface area contributed by atoms with Gasteiger partial charge < -0.3 is 10.2 Å². The summed E-state index contributed by atoms with van der Waals surface area (Å²) in [6.45, 7) is 0. The second-order valence-electron chi connectivity index (χ2n) is 1.77. The van der Waals surface area contributed by atoms with Gasteiger partial charge in [0.25, 0.3) is 5.69 Å². The minimum Gasteiger partial charge on any atom is -0.508 e. The summed E-state index contributed by atoms with van der Waals surface area (Å²) in [5.41, 5.74) is -0.0159. The summed E-state index contributed by atoms with van der Waals surface area (Å²) in [6, 6.07) is 5.04. The maximum atomic E-state index is 10.0. The molecule has 0 atom stereocenters. The number of nitro benzene ring substituents is 1. The van der Waals surface area contributed by atoms with E-state index in [0.717, 1.165) is 7.11 Å². The predicted molar refractivity (Wildman–Crippen MR) is 42.9 cm³/mol. The highest BCUT2D eigenvalue weighted by atomic mass is 16.6. The van der Waals surface area contributed by atoms with Crippen molar-refractivity contribution in [2.75, 3.05) is 7.11 Å². The number of phenolic OH excluding ortho intramolecular Hbond substituents is 1. The van der Waals surface area contributed by atoms with Crippen molar-refractivity contribution in [1.82, 2.24) is 0 Å². The fourth-order valence-electron chi connectivity index (χ4n) is 0.574.